The number of carbonyl (C=O) groups is 1. The molecule has 3 rings (SSSR count). The van der Waals surface area contributed by atoms with Crippen LogP contribution in [0.2, 0.25) is 5.02 Å². The molecule has 5 nitrogen and oxygen atoms in total. The van der Waals surface area contributed by atoms with Gasteiger partial charge in [0.1, 0.15) is 18.2 Å². The fourth-order valence-corrected chi connectivity index (χ4v) is 2.95. The van der Waals surface area contributed by atoms with Gasteiger partial charge in [0.2, 0.25) is 5.88 Å². The second-order valence-corrected chi connectivity index (χ2v) is 6.28. The number of halogens is 2. The van der Waals surface area contributed by atoms with Gasteiger partial charge in [0.15, 0.2) is 0 Å². The number of pyridine rings is 1. The second kappa shape index (κ2) is 10.1. The first kappa shape index (κ1) is 21.0. The first-order valence-electron chi connectivity index (χ1n) is 8.99. The van der Waals surface area contributed by atoms with Crippen molar-refractivity contribution >= 4 is 17.6 Å². The molecule has 0 aliphatic heterocycles. The van der Waals surface area contributed by atoms with Gasteiger partial charge in [-0.2, -0.15) is 0 Å². The van der Waals surface area contributed by atoms with Crippen LogP contribution in [0.25, 0.3) is 0 Å². The maximum atomic E-state index is 13.7. The van der Waals surface area contributed by atoms with Gasteiger partial charge in [0.25, 0.3) is 0 Å². The average molecular weight is 398 g/mol. The van der Waals surface area contributed by atoms with Crippen molar-refractivity contribution in [2.24, 2.45) is 0 Å². The molecule has 1 saturated carbocycles. The van der Waals surface area contributed by atoms with Gasteiger partial charge in [-0.05, 0) is 43.9 Å². The van der Waals surface area contributed by atoms with Crippen LogP contribution >= 0.6 is 11.6 Å². The maximum absolute atomic E-state index is 13.7. The van der Waals surface area contributed by atoms with E-state index in [2.05, 4.69) is 4.98 Å². The van der Waals surface area contributed by atoms with Crippen LogP contribution in [-0.4, -0.2) is 22.2 Å². The topological polar surface area (TPSA) is 68.7 Å². The molecule has 27 heavy (non-hydrogen) atoms. The van der Waals surface area contributed by atoms with Crippen molar-refractivity contribution in [1.82, 2.24) is 4.98 Å². The number of rotatable bonds is 6. The van der Waals surface area contributed by atoms with Crippen molar-refractivity contribution in [2.75, 3.05) is 0 Å². The lowest BCUT2D eigenvalue weighted by molar-refractivity contribution is 0.0691. The Morgan fingerprint density at radius 1 is 1.33 bits per heavy atom. The Morgan fingerprint density at radius 2 is 2.04 bits per heavy atom. The van der Waals surface area contributed by atoms with Gasteiger partial charge in [-0.1, -0.05) is 25.4 Å². The van der Waals surface area contributed by atoms with Gasteiger partial charge >= 0.3 is 5.97 Å². The molecule has 1 aliphatic carbocycles. The molecule has 0 atom stereocenters. The number of nitrogens with zero attached hydrogens (tertiary/aromatic N) is 1. The average Bonchev–Trinajstić information content (AvgIpc) is 3.18. The summed E-state index contributed by atoms with van der Waals surface area (Å²) >= 11 is 5.98. The molecule has 1 heterocycles. The van der Waals surface area contributed by atoms with E-state index in [4.69, 9.17) is 26.2 Å². The molecule has 0 saturated heterocycles. The Kier molecular flexibility index (Phi) is 7.85. The van der Waals surface area contributed by atoms with Crippen molar-refractivity contribution in [3.8, 4) is 11.6 Å². The van der Waals surface area contributed by atoms with Gasteiger partial charge in [-0.15, -0.1) is 0 Å². The summed E-state index contributed by atoms with van der Waals surface area (Å²) in [6.45, 7) is 3.98. The standard InChI is InChI=1S/C18H17ClFNO4.C2H6.H2/c19-15-8-14(18(22)23)16(20)7-11(15)10-24-17-6-5-13(9-21-17)25-12-3-1-2-4-12;1-2;/h5-9,12H,1-4,10H2,(H,22,23);1-2H3;1H. The van der Waals surface area contributed by atoms with Gasteiger partial charge in [0, 0.05) is 18.1 Å². The number of hydrogen-bond acceptors (Lipinski definition) is 4. The van der Waals surface area contributed by atoms with Gasteiger partial charge in [-0.3, -0.25) is 0 Å². The van der Waals surface area contributed by atoms with E-state index in [1.54, 1.807) is 18.3 Å². The van der Waals surface area contributed by atoms with E-state index in [1.807, 2.05) is 13.8 Å². The van der Waals surface area contributed by atoms with E-state index in [0.29, 0.717) is 17.2 Å². The molecule has 1 N–H and O–H groups in total. The molecule has 0 radical (unpaired) electrons. The van der Waals surface area contributed by atoms with Crippen molar-refractivity contribution in [3.63, 3.8) is 0 Å². The molecular weight excluding hydrogens is 373 g/mol. The highest BCUT2D eigenvalue weighted by Crippen LogP contribution is 2.25. The zero-order chi connectivity index (χ0) is 19.8. The molecule has 1 aromatic heterocycles. The number of hydrogen-bond donors (Lipinski definition) is 1. The Labute approximate surface area is 164 Å². The van der Waals surface area contributed by atoms with E-state index in [1.165, 1.54) is 12.8 Å². The summed E-state index contributed by atoms with van der Waals surface area (Å²) < 4.78 is 25.0. The van der Waals surface area contributed by atoms with Gasteiger partial charge < -0.3 is 14.6 Å². The Hall–Kier alpha value is -2.34. The summed E-state index contributed by atoms with van der Waals surface area (Å²) in [5, 5.41) is 8.99. The van der Waals surface area contributed by atoms with E-state index in [0.717, 1.165) is 25.0 Å². The molecule has 148 valence electrons. The van der Waals surface area contributed by atoms with Crippen LogP contribution in [0.3, 0.4) is 0 Å². The molecule has 0 bridgehead atoms. The molecular formula is C20H25ClFNO4. The van der Waals surface area contributed by atoms with Crippen LogP contribution in [0.4, 0.5) is 4.39 Å². The number of aromatic nitrogens is 1. The lowest BCUT2D eigenvalue weighted by Crippen LogP contribution is -2.11. The highest BCUT2D eigenvalue weighted by Gasteiger charge is 2.17. The minimum Gasteiger partial charge on any atom is -0.489 e. The largest absolute Gasteiger partial charge is 0.489 e. The minimum atomic E-state index is -1.37. The van der Waals surface area contributed by atoms with Crippen LogP contribution in [0, 0.1) is 5.82 Å². The third kappa shape index (κ3) is 5.82. The van der Waals surface area contributed by atoms with Crippen molar-refractivity contribution in [2.45, 2.75) is 52.2 Å². The number of carboxylic acid groups (broad SMARTS) is 1. The molecule has 2 aromatic rings. The zero-order valence-corrected chi connectivity index (χ0v) is 16.1. The first-order chi connectivity index (χ1) is 13.0. The number of benzene rings is 1. The van der Waals surface area contributed by atoms with Crippen LogP contribution in [0.5, 0.6) is 11.6 Å². The maximum Gasteiger partial charge on any atom is 0.338 e. The van der Waals surface area contributed by atoms with Gasteiger partial charge in [0.05, 0.1) is 17.9 Å². The second-order valence-electron chi connectivity index (χ2n) is 5.87. The van der Waals surface area contributed by atoms with Crippen LogP contribution in [0.1, 0.15) is 56.9 Å². The quantitative estimate of drug-likeness (QED) is 0.672. The van der Waals surface area contributed by atoms with Crippen molar-refractivity contribution in [1.29, 1.82) is 0 Å². The third-order valence-electron chi connectivity index (χ3n) is 4.06. The molecule has 0 spiro atoms. The van der Waals surface area contributed by atoms with Crippen LogP contribution in [0.15, 0.2) is 30.5 Å². The zero-order valence-electron chi connectivity index (χ0n) is 15.4. The minimum absolute atomic E-state index is 0. The molecule has 1 aromatic carbocycles. The normalized spacial score (nSPS) is 13.6. The number of carboxylic acids is 1. The predicted molar refractivity (Wildman–Crippen MR) is 103 cm³/mol. The Morgan fingerprint density at radius 3 is 2.63 bits per heavy atom. The fourth-order valence-electron chi connectivity index (χ4n) is 2.73. The lowest BCUT2D eigenvalue weighted by atomic mass is 10.1. The summed E-state index contributed by atoms with van der Waals surface area (Å²) in [7, 11) is 0. The number of aromatic carboxylic acids is 1. The predicted octanol–water partition coefficient (Wildman–Crippen LogP) is 5.74. The summed E-state index contributed by atoms with van der Waals surface area (Å²) in [5.41, 5.74) is -0.127. The van der Waals surface area contributed by atoms with Gasteiger partial charge in [-0.25, -0.2) is 14.2 Å². The third-order valence-corrected chi connectivity index (χ3v) is 4.41. The first-order valence-corrected chi connectivity index (χ1v) is 9.37. The Balaban J connectivity index is 0.00000127. The highest BCUT2D eigenvalue weighted by molar-refractivity contribution is 6.31. The monoisotopic (exact) mass is 397 g/mol. The highest BCUT2D eigenvalue weighted by atomic mass is 35.5. The number of ether oxygens (including phenoxy) is 2. The van der Waals surface area contributed by atoms with E-state index < -0.39 is 17.3 Å². The van der Waals surface area contributed by atoms with E-state index >= 15 is 0 Å². The summed E-state index contributed by atoms with van der Waals surface area (Å²) in [6.07, 6.45) is 6.35. The molecule has 0 unspecified atom stereocenters. The van der Waals surface area contributed by atoms with Crippen LogP contribution in [-0.2, 0) is 6.61 Å². The van der Waals surface area contributed by atoms with E-state index in [-0.39, 0.29) is 19.2 Å². The lowest BCUT2D eigenvalue weighted by Gasteiger charge is -2.13. The van der Waals surface area contributed by atoms with Crippen molar-refractivity contribution in [3.05, 3.63) is 52.4 Å². The van der Waals surface area contributed by atoms with Crippen LogP contribution < -0.4 is 9.47 Å². The summed E-state index contributed by atoms with van der Waals surface area (Å²) in [6, 6.07) is 5.57. The van der Waals surface area contributed by atoms with Crippen molar-refractivity contribution < 1.29 is 25.2 Å². The SMILES string of the molecule is CC.O=C(O)c1cc(Cl)c(COc2ccc(OC3CCCC3)cn2)cc1F.[HH]. The molecule has 7 heteroatoms. The Bertz CT molecular complexity index is 768. The fraction of sp³-hybridized carbons (Fsp3) is 0.400. The molecule has 1 fully saturated rings. The summed E-state index contributed by atoms with van der Waals surface area (Å²) in [4.78, 5) is 15.0. The summed E-state index contributed by atoms with van der Waals surface area (Å²) in [5.74, 6) is -1.19. The molecule has 0 amide bonds. The smallest absolute Gasteiger partial charge is 0.338 e. The van der Waals surface area contributed by atoms with E-state index in [9.17, 15) is 9.18 Å². The molecule has 1 aliphatic rings.